The van der Waals surface area contributed by atoms with Crippen molar-refractivity contribution in [2.24, 2.45) is 0 Å². The minimum atomic E-state index is -0.922. The van der Waals surface area contributed by atoms with Crippen molar-refractivity contribution in [1.29, 1.82) is 0 Å². The maximum atomic E-state index is 10.8. The number of phenols is 1. The summed E-state index contributed by atoms with van der Waals surface area (Å²) in [7, 11) is 1.60. The van der Waals surface area contributed by atoms with Crippen LogP contribution in [0, 0.1) is 0 Å². The number of nitrogens with zero attached hydrogens (tertiary/aromatic N) is 1. The lowest BCUT2D eigenvalue weighted by atomic mass is 10.1. The number of hydrogen-bond donors (Lipinski definition) is 3. The van der Waals surface area contributed by atoms with Crippen LogP contribution >= 0.6 is 11.3 Å². The van der Waals surface area contributed by atoms with Crippen molar-refractivity contribution in [3.8, 4) is 11.5 Å². The van der Waals surface area contributed by atoms with E-state index in [1.54, 1.807) is 19.2 Å². The second-order valence-corrected chi connectivity index (χ2v) is 5.93. The SMILES string of the molecule is COc1ccc2nc(Nc3cc(CC(=O)O)ccc3O)sc2c1. The molecule has 118 valence electrons. The highest BCUT2D eigenvalue weighted by atomic mass is 32.1. The normalized spacial score (nSPS) is 10.7. The standard InChI is InChI=1S/C16H14N2O4S/c1-22-10-3-4-11-14(8-10)23-16(17-11)18-12-6-9(7-15(20)21)2-5-13(12)19/h2-6,8,19H,7H2,1H3,(H,17,18)(H,20,21). The highest BCUT2D eigenvalue weighted by molar-refractivity contribution is 7.22. The van der Waals surface area contributed by atoms with Crippen LogP contribution in [0.1, 0.15) is 5.56 Å². The van der Waals surface area contributed by atoms with E-state index >= 15 is 0 Å². The van der Waals surface area contributed by atoms with Crippen LogP contribution in [0.25, 0.3) is 10.2 Å². The van der Waals surface area contributed by atoms with E-state index in [2.05, 4.69) is 10.3 Å². The maximum absolute atomic E-state index is 10.8. The molecule has 0 saturated carbocycles. The fraction of sp³-hybridized carbons (Fsp3) is 0.125. The van der Waals surface area contributed by atoms with Crippen molar-refractivity contribution in [1.82, 2.24) is 4.98 Å². The zero-order chi connectivity index (χ0) is 16.4. The summed E-state index contributed by atoms with van der Waals surface area (Å²) in [6.45, 7) is 0. The Morgan fingerprint density at radius 1 is 1.30 bits per heavy atom. The lowest BCUT2D eigenvalue weighted by Gasteiger charge is -2.07. The first-order chi connectivity index (χ1) is 11.0. The predicted octanol–water partition coefficient (Wildman–Crippen LogP) is 3.38. The topological polar surface area (TPSA) is 91.7 Å². The Balaban J connectivity index is 1.90. The number of rotatable bonds is 5. The van der Waals surface area contributed by atoms with E-state index in [-0.39, 0.29) is 12.2 Å². The van der Waals surface area contributed by atoms with Crippen molar-refractivity contribution >= 4 is 38.3 Å². The number of aromatic hydroxyl groups is 1. The molecular formula is C16H14N2O4S. The van der Waals surface area contributed by atoms with Gasteiger partial charge < -0.3 is 20.3 Å². The number of thiazole rings is 1. The molecule has 0 unspecified atom stereocenters. The molecule has 3 aromatic rings. The summed E-state index contributed by atoms with van der Waals surface area (Å²) in [6, 6.07) is 10.2. The maximum Gasteiger partial charge on any atom is 0.307 e. The van der Waals surface area contributed by atoms with Gasteiger partial charge in [0.2, 0.25) is 0 Å². The molecule has 0 saturated heterocycles. The minimum absolute atomic E-state index is 0.0379. The van der Waals surface area contributed by atoms with Gasteiger partial charge in [-0.05, 0) is 35.9 Å². The summed E-state index contributed by atoms with van der Waals surface area (Å²) in [5.74, 6) is -0.135. The third-order valence-corrected chi connectivity index (χ3v) is 4.19. The summed E-state index contributed by atoms with van der Waals surface area (Å²) in [5.41, 5.74) is 1.84. The van der Waals surface area contributed by atoms with Crippen molar-refractivity contribution in [3.05, 3.63) is 42.0 Å². The van der Waals surface area contributed by atoms with Gasteiger partial charge in [-0.1, -0.05) is 17.4 Å². The van der Waals surface area contributed by atoms with Gasteiger partial charge in [-0.25, -0.2) is 4.98 Å². The molecular weight excluding hydrogens is 316 g/mol. The Bertz CT molecular complexity index is 876. The molecule has 6 nitrogen and oxygen atoms in total. The molecule has 2 aromatic carbocycles. The highest BCUT2D eigenvalue weighted by Gasteiger charge is 2.10. The summed E-state index contributed by atoms with van der Waals surface area (Å²) >= 11 is 1.42. The van der Waals surface area contributed by atoms with E-state index in [0.29, 0.717) is 16.4 Å². The number of carbonyl (C=O) groups is 1. The van der Waals surface area contributed by atoms with Gasteiger partial charge in [0.1, 0.15) is 11.5 Å². The molecule has 23 heavy (non-hydrogen) atoms. The van der Waals surface area contributed by atoms with Gasteiger partial charge >= 0.3 is 5.97 Å². The van der Waals surface area contributed by atoms with E-state index in [4.69, 9.17) is 9.84 Å². The summed E-state index contributed by atoms with van der Waals surface area (Å²) < 4.78 is 6.14. The van der Waals surface area contributed by atoms with Gasteiger partial charge in [0.05, 0.1) is 29.4 Å². The molecule has 0 spiro atoms. The number of fused-ring (bicyclic) bond motifs is 1. The Morgan fingerprint density at radius 3 is 2.87 bits per heavy atom. The van der Waals surface area contributed by atoms with Crippen LogP contribution in [0.2, 0.25) is 0 Å². The van der Waals surface area contributed by atoms with Crippen molar-refractivity contribution in [3.63, 3.8) is 0 Å². The fourth-order valence-electron chi connectivity index (χ4n) is 2.17. The van der Waals surface area contributed by atoms with Crippen LogP contribution in [0.5, 0.6) is 11.5 Å². The zero-order valence-corrected chi connectivity index (χ0v) is 13.1. The zero-order valence-electron chi connectivity index (χ0n) is 12.2. The third kappa shape index (κ3) is 3.35. The molecule has 0 amide bonds. The summed E-state index contributed by atoms with van der Waals surface area (Å²) in [6.07, 6.45) is -0.105. The quantitative estimate of drug-likeness (QED) is 0.621. The first-order valence-corrected chi connectivity index (χ1v) is 7.62. The number of aromatic nitrogens is 1. The van der Waals surface area contributed by atoms with Gasteiger partial charge in [0, 0.05) is 0 Å². The van der Waals surface area contributed by atoms with Crippen LogP contribution in [0.3, 0.4) is 0 Å². The third-order valence-electron chi connectivity index (χ3n) is 3.25. The van der Waals surface area contributed by atoms with E-state index < -0.39 is 5.97 Å². The molecule has 3 N–H and O–H groups in total. The van der Waals surface area contributed by atoms with Crippen molar-refractivity contribution < 1.29 is 19.7 Å². The van der Waals surface area contributed by atoms with Crippen LogP contribution < -0.4 is 10.1 Å². The summed E-state index contributed by atoms with van der Waals surface area (Å²) in [5, 5.41) is 22.4. The second-order valence-electron chi connectivity index (χ2n) is 4.90. The van der Waals surface area contributed by atoms with Gasteiger partial charge in [0.25, 0.3) is 0 Å². The Kier molecular flexibility index (Phi) is 4.03. The van der Waals surface area contributed by atoms with Gasteiger partial charge in [-0.15, -0.1) is 0 Å². The second kappa shape index (κ2) is 6.13. The first kappa shape index (κ1) is 15.1. The van der Waals surface area contributed by atoms with Crippen molar-refractivity contribution in [2.75, 3.05) is 12.4 Å². The molecule has 0 bridgehead atoms. The average molecular weight is 330 g/mol. The molecule has 0 aliphatic carbocycles. The molecule has 0 aliphatic heterocycles. The van der Waals surface area contributed by atoms with Gasteiger partial charge in [0.15, 0.2) is 5.13 Å². The van der Waals surface area contributed by atoms with Crippen molar-refractivity contribution in [2.45, 2.75) is 6.42 Å². The monoisotopic (exact) mass is 330 g/mol. The molecule has 0 aliphatic rings. The van der Waals surface area contributed by atoms with E-state index in [1.165, 1.54) is 17.4 Å². The molecule has 0 fully saturated rings. The Hall–Kier alpha value is -2.80. The number of carboxylic acids is 1. The van der Waals surface area contributed by atoms with Crippen LogP contribution in [-0.4, -0.2) is 28.3 Å². The number of methoxy groups -OCH3 is 1. The minimum Gasteiger partial charge on any atom is -0.506 e. The molecule has 0 atom stereocenters. The number of nitrogens with one attached hydrogen (secondary N) is 1. The number of benzene rings is 2. The van der Waals surface area contributed by atoms with Crippen LogP contribution in [-0.2, 0) is 11.2 Å². The number of carboxylic acid groups (broad SMARTS) is 1. The lowest BCUT2D eigenvalue weighted by Crippen LogP contribution is -2.00. The Labute approximate surface area is 136 Å². The van der Waals surface area contributed by atoms with Crippen LogP contribution in [0.4, 0.5) is 10.8 Å². The smallest absolute Gasteiger partial charge is 0.307 e. The molecule has 3 rings (SSSR count). The largest absolute Gasteiger partial charge is 0.506 e. The van der Waals surface area contributed by atoms with Crippen LogP contribution in [0.15, 0.2) is 36.4 Å². The summed E-state index contributed by atoms with van der Waals surface area (Å²) in [4.78, 5) is 15.2. The van der Waals surface area contributed by atoms with E-state index in [0.717, 1.165) is 16.0 Å². The number of aliphatic carboxylic acids is 1. The molecule has 1 aromatic heterocycles. The number of anilines is 2. The average Bonchev–Trinajstić information content (AvgIpc) is 2.91. The number of ether oxygens (including phenoxy) is 1. The predicted molar refractivity (Wildman–Crippen MR) is 88.9 cm³/mol. The van der Waals surface area contributed by atoms with Gasteiger partial charge in [-0.2, -0.15) is 0 Å². The van der Waals surface area contributed by atoms with Gasteiger partial charge in [-0.3, -0.25) is 4.79 Å². The first-order valence-electron chi connectivity index (χ1n) is 6.80. The molecule has 0 radical (unpaired) electrons. The Morgan fingerprint density at radius 2 is 2.13 bits per heavy atom. The number of hydrogen-bond acceptors (Lipinski definition) is 6. The van der Waals surface area contributed by atoms with E-state index in [9.17, 15) is 9.90 Å². The molecule has 1 heterocycles. The lowest BCUT2D eigenvalue weighted by molar-refractivity contribution is -0.136. The van der Waals surface area contributed by atoms with E-state index in [1.807, 2.05) is 18.2 Å². The number of phenolic OH excluding ortho intramolecular Hbond substituents is 1. The highest BCUT2D eigenvalue weighted by Crippen LogP contribution is 2.33. The molecule has 7 heteroatoms. The fourth-order valence-corrected chi connectivity index (χ4v) is 3.08.